The van der Waals surface area contributed by atoms with Gasteiger partial charge in [-0.25, -0.2) is 0 Å². The van der Waals surface area contributed by atoms with Crippen LogP contribution >= 0.6 is 0 Å². The topological polar surface area (TPSA) is 52.6 Å². The lowest BCUT2D eigenvalue weighted by molar-refractivity contribution is -0.135. The van der Waals surface area contributed by atoms with Crippen molar-refractivity contribution < 1.29 is 19.1 Å². The Morgan fingerprint density at radius 1 is 0.633 bits per heavy atom. The van der Waals surface area contributed by atoms with Crippen LogP contribution in [0.5, 0.6) is 11.5 Å². The summed E-state index contributed by atoms with van der Waals surface area (Å²) in [5, 5.41) is 0. The van der Waals surface area contributed by atoms with Crippen LogP contribution in [-0.4, -0.2) is 11.9 Å². The summed E-state index contributed by atoms with van der Waals surface area (Å²) in [5.74, 6) is 1.51. The molecule has 0 heterocycles. The third-order valence-electron chi connectivity index (χ3n) is 5.35. The van der Waals surface area contributed by atoms with Gasteiger partial charge in [0.15, 0.2) is 0 Å². The number of benzene rings is 2. The Kier molecular flexibility index (Phi) is 9.59. The van der Waals surface area contributed by atoms with Gasteiger partial charge in [0.25, 0.3) is 0 Å². The molecule has 0 radical (unpaired) electrons. The number of hydrogen-bond acceptors (Lipinski definition) is 4. The molecule has 0 aliphatic rings. The maximum atomic E-state index is 11.7. The highest BCUT2D eigenvalue weighted by atomic mass is 16.5. The molecule has 30 heavy (non-hydrogen) atoms. The minimum atomic E-state index is -0.191. The first-order valence-corrected chi connectivity index (χ1v) is 11.1. The lowest BCUT2D eigenvalue weighted by atomic mass is 9.78. The Bertz CT molecular complexity index is 723. The second-order valence-electron chi connectivity index (χ2n) is 7.62. The van der Waals surface area contributed by atoms with Crippen molar-refractivity contribution in [1.82, 2.24) is 0 Å². The Balaban J connectivity index is 2.13. The first-order valence-electron chi connectivity index (χ1n) is 11.1. The van der Waals surface area contributed by atoms with Crippen LogP contribution in [0.3, 0.4) is 0 Å². The number of carbonyl (C=O) groups is 2. The molecule has 0 bridgehead atoms. The number of ether oxygens (including phenoxy) is 2. The van der Waals surface area contributed by atoms with Crippen molar-refractivity contribution in [2.24, 2.45) is 0 Å². The van der Waals surface area contributed by atoms with Crippen molar-refractivity contribution in [2.75, 3.05) is 0 Å². The van der Waals surface area contributed by atoms with Crippen molar-refractivity contribution in [1.29, 1.82) is 0 Å². The first-order chi connectivity index (χ1) is 14.5. The van der Waals surface area contributed by atoms with Crippen LogP contribution < -0.4 is 9.47 Å². The Labute approximate surface area is 180 Å². The fraction of sp³-hybridized carbons (Fsp3) is 0.462. The zero-order valence-corrected chi connectivity index (χ0v) is 18.6. The molecule has 0 aromatic heterocycles. The minimum absolute atomic E-state index is 0.191. The Morgan fingerprint density at radius 2 is 0.967 bits per heavy atom. The Hall–Kier alpha value is -2.62. The monoisotopic (exact) mass is 410 g/mol. The van der Waals surface area contributed by atoms with Gasteiger partial charge in [-0.2, -0.15) is 0 Å². The molecule has 4 heteroatoms. The highest BCUT2D eigenvalue weighted by molar-refractivity contribution is 5.72. The van der Waals surface area contributed by atoms with E-state index >= 15 is 0 Å². The van der Waals surface area contributed by atoms with Gasteiger partial charge in [-0.15, -0.1) is 0 Å². The Morgan fingerprint density at radius 3 is 1.23 bits per heavy atom. The molecular weight excluding hydrogens is 376 g/mol. The highest BCUT2D eigenvalue weighted by Gasteiger charge is 2.22. The largest absolute Gasteiger partial charge is 0.427 e. The number of hydrogen-bond donors (Lipinski definition) is 0. The summed E-state index contributed by atoms with van der Waals surface area (Å²) in [6.07, 6.45) is 4.43. The summed E-state index contributed by atoms with van der Waals surface area (Å²) in [5.41, 5.74) is 2.47. The van der Waals surface area contributed by atoms with E-state index < -0.39 is 0 Å². The number of rotatable bonds is 11. The smallest absolute Gasteiger partial charge is 0.311 e. The quantitative estimate of drug-likeness (QED) is 0.302. The molecule has 0 saturated heterocycles. The van der Waals surface area contributed by atoms with Crippen LogP contribution in [0.2, 0.25) is 0 Å². The van der Waals surface area contributed by atoms with Crippen LogP contribution in [-0.2, 0) is 9.59 Å². The lowest BCUT2D eigenvalue weighted by Gasteiger charge is -2.26. The van der Waals surface area contributed by atoms with E-state index in [0.717, 1.165) is 25.7 Å². The van der Waals surface area contributed by atoms with E-state index in [1.807, 2.05) is 38.1 Å². The first kappa shape index (κ1) is 23.7. The normalized spacial score (nSPS) is 12.8. The van der Waals surface area contributed by atoms with Crippen molar-refractivity contribution >= 4 is 11.9 Å². The van der Waals surface area contributed by atoms with Crippen LogP contribution in [0.15, 0.2) is 48.5 Å². The van der Waals surface area contributed by atoms with E-state index in [4.69, 9.17) is 9.47 Å². The van der Waals surface area contributed by atoms with Gasteiger partial charge < -0.3 is 9.47 Å². The standard InChI is InChI=1S/C26H34O4/c1-5-9-25(27)29-21-15-11-19(12-16-21)23(7-3)24(8-4)20-13-17-22(18-14-20)30-26(28)10-6-2/h11-18,23-24H,5-10H2,1-4H3/t23-,24+. The van der Waals surface area contributed by atoms with Crippen LogP contribution in [0.4, 0.5) is 0 Å². The second-order valence-corrected chi connectivity index (χ2v) is 7.62. The van der Waals surface area contributed by atoms with E-state index in [1.54, 1.807) is 0 Å². The second kappa shape index (κ2) is 12.2. The van der Waals surface area contributed by atoms with Gasteiger partial charge in [0.05, 0.1) is 0 Å². The molecular formula is C26H34O4. The van der Waals surface area contributed by atoms with Crippen molar-refractivity contribution in [2.45, 2.75) is 78.1 Å². The molecule has 0 aliphatic carbocycles. The van der Waals surface area contributed by atoms with E-state index in [0.29, 0.717) is 36.2 Å². The van der Waals surface area contributed by atoms with Gasteiger partial charge in [0, 0.05) is 12.8 Å². The molecule has 0 amide bonds. The average molecular weight is 411 g/mol. The SMILES string of the molecule is CCCC(=O)Oc1ccc([C@@H](CC)[C@@H](CC)c2ccc(OC(=O)CCC)cc2)cc1. The number of esters is 2. The molecule has 0 fully saturated rings. The van der Waals surface area contributed by atoms with Gasteiger partial charge in [0.1, 0.15) is 11.5 Å². The maximum absolute atomic E-state index is 11.7. The van der Waals surface area contributed by atoms with Gasteiger partial charge in [-0.1, -0.05) is 52.0 Å². The fourth-order valence-corrected chi connectivity index (χ4v) is 3.84. The van der Waals surface area contributed by atoms with Crippen molar-refractivity contribution in [3.8, 4) is 11.5 Å². The van der Waals surface area contributed by atoms with Gasteiger partial charge >= 0.3 is 11.9 Å². The van der Waals surface area contributed by atoms with Crippen molar-refractivity contribution in [3.05, 3.63) is 59.7 Å². The molecule has 2 aromatic carbocycles. The summed E-state index contributed by atoms with van der Waals surface area (Å²) in [6.45, 7) is 8.32. The van der Waals surface area contributed by atoms with Gasteiger partial charge in [-0.05, 0) is 72.9 Å². The lowest BCUT2D eigenvalue weighted by Crippen LogP contribution is -2.11. The number of carbonyl (C=O) groups excluding carboxylic acids is 2. The average Bonchev–Trinajstić information content (AvgIpc) is 2.74. The van der Waals surface area contributed by atoms with E-state index in [2.05, 4.69) is 38.1 Å². The highest BCUT2D eigenvalue weighted by Crippen LogP contribution is 2.39. The third-order valence-corrected chi connectivity index (χ3v) is 5.35. The fourth-order valence-electron chi connectivity index (χ4n) is 3.84. The predicted octanol–water partition coefficient (Wildman–Crippen LogP) is 6.79. The van der Waals surface area contributed by atoms with Gasteiger partial charge in [0.2, 0.25) is 0 Å². The van der Waals surface area contributed by atoms with Gasteiger partial charge in [-0.3, -0.25) is 9.59 Å². The zero-order valence-electron chi connectivity index (χ0n) is 18.6. The summed E-state index contributed by atoms with van der Waals surface area (Å²) in [7, 11) is 0. The molecule has 2 rings (SSSR count). The molecule has 0 unspecified atom stereocenters. The molecule has 0 aliphatic heterocycles. The molecule has 0 saturated carbocycles. The molecule has 162 valence electrons. The van der Waals surface area contributed by atoms with E-state index in [1.165, 1.54) is 11.1 Å². The molecule has 4 nitrogen and oxygen atoms in total. The van der Waals surface area contributed by atoms with E-state index in [-0.39, 0.29) is 11.9 Å². The van der Waals surface area contributed by atoms with Crippen LogP contribution in [0.1, 0.15) is 89.2 Å². The van der Waals surface area contributed by atoms with Crippen LogP contribution in [0, 0.1) is 0 Å². The predicted molar refractivity (Wildman–Crippen MR) is 120 cm³/mol. The maximum Gasteiger partial charge on any atom is 0.311 e. The minimum Gasteiger partial charge on any atom is -0.427 e. The third kappa shape index (κ3) is 6.72. The zero-order chi connectivity index (χ0) is 21.9. The molecule has 2 aromatic rings. The molecule has 2 atom stereocenters. The van der Waals surface area contributed by atoms with Crippen LogP contribution in [0.25, 0.3) is 0 Å². The molecule has 0 N–H and O–H groups in total. The summed E-state index contributed by atoms with van der Waals surface area (Å²) in [4.78, 5) is 23.4. The summed E-state index contributed by atoms with van der Waals surface area (Å²) >= 11 is 0. The summed E-state index contributed by atoms with van der Waals surface area (Å²) in [6, 6.07) is 15.8. The summed E-state index contributed by atoms with van der Waals surface area (Å²) < 4.78 is 10.8. The molecule has 0 spiro atoms. The van der Waals surface area contributed by atoms with Crippen molar-refractivity contribution in [3.63, 3.8) is 0 Å². The van der Waals surface area contributed by atoms with E-state index in [9.17, 15) is 9.59 Å².